The molecule has 1 aliphatic heterocycles. The molecule has 0 amide bonds. The molecular weight excluding hydrogens is 392 g/mol. The second-order valence-corrected chi connectivity index (χ2v) is 7.25. The number of H-pyrrole nitrogens is 1. The van der Waals surface area contributed by atoms with Gasteiger partial charge in [-0.15, -0.1) is 0 Å². The molecule has 0 saturated carbocycles. The summed E-state index contributed by atoms with van der Waals surface area (Å²) in [7, 11) is 0. The number of nitrogens with zero attached hydrogens (tertiary/aromatic N) is 2. The molecule has 1 saturated heterocycles. The Morgan fingerprint density at radius 1 is 1.26 bits per heavy atom. The van der Waals surface area contributed by atoms with E-state index in [2.05, 4.69) is 21.5 Å². The third kappa shape index (κ3) is 4.73. The Hall–Kier alpha value is -3.71. The van der Waals surface area contributed by atoms with Gasteiger partial charge in [0.2, 0.25) is 11.7 Å². The predicted molar refractivity (Wildman–Crippen MR) is 120 cm³/mol. The van der Waals surface area contributed by atoms with Crippen molar-refractivity contribution < 1.29 is 14.3 Å². The van der Waals surface area contributed by atoms with Crippen molar-refractivity contribution >= 4 is 23.0 Å². The Morgan fingerprint density at radius 3 is 2.77 bits per heavy atom. The number of aromatic nitrogens is 2. The summed E-state index contributed by atoms with van der Waals surface area (Å²) in [6.45, 7) is 4.94. The molecule has 7 heteroatoms. The van der Waals surface area contributed by atoms with Gasteiger partial charge in [-0.05, 0) is 49.2 Å². The lowest BCUT2D eigenvalue weighted by Crippen LogP contribution is -2.25. The Kier molecular flexibility index (Phi) is 6.24. The maximum Gasteiger partial charge on any atom is 0.238 e. The second-order valence-electron chi connectivity index (χ2n) is 7.25. The number of imidazole rings is 1. The Morgan fingerprint density at radius 2 is 2.06 bits per heavy atom. The largest absolute Gasteiger partial charge is 0.437 e. The Balaban J connectivity index is 1.53. The van der Waals surface area contributed by atoms with Gasteiger partial charge in [0.1, 0.15) is 5.75 Å². The zero-order chi connectivity index (χ0) is 21.6. The molecule has 2 aromatic carbocycles. The summed E-state index contributed by atoms with van der Waals surface area (Å²) in [6, 6.07) is 14.3. The maximum atomic E-state index is 12.8. The van der Waals surface area contributed by atoms with E-state index < -0.39 is 0 Å². The van der Waals surface area contributed by atoms with Gasteiger partial charge in [0.05, 0.1) is 23.3 Å². The lowest BCUT2D eigenvalue weighted by atomic mass is 9.99. The van der Waals surface area contributed by atoms with E-state index in [0.717, 1.165) is 30.5 Å². The molecule has 7 nitrogen and oxygen atoms in total. The molecule has 31 heavy (non-hydrogen) atoms. The second kappa shape index (κ2) is 9.40. The molecule has 1 aliphatic rings. The summed E-state index contributed by atoms with van der Waals surface area (Å²) in [4.78, 5) is 24.5. The van der Waals surface area contributed by atoms with Crippen LogP contribution in [0.1, 0.15) is 29.0 Å². The summed E-state index contributed by atoms with van der Waals surface area (Å²) >= 11 is 0. The van der Waals surface area contributed by atoms with Crippen LogP contribution in [0, 0.1) is 5.92 Å². The fourth-order valence-electron chi connectivity index (χ4n) is 3.42. The molecule has 0 spiro atoms. The highest BCUT2D eigenvalue weighted by molar-refractivity contribution is 6.08. The van der Waals surface area contributed by atoms with Crippen molar-refractivity contribution in [1.82, 2.24) is 9.97 Å². The molecular formula is C24H24N4O3. The number of aromatic amines is 1. The minimum atomic E-state index is -0.193. The Labute approximate surface area is 180 Å². The average Bonchev–Trinajstić information content (AvgIpc) is 3.26. The average molecular weight is 416 g/mol. The third-order valence-corrected chi connectivity index (χ3v) is 5.08. The Bertz CT molecular complexity index is 1110. The summed E-state index contributed by atoms with van der Waals surface area (Å²) in [5, 5.41) is 0. The van der Waals surface area contributed by atoms with Crippen LogP contribution in [0.2, 0.25) is 0 Å². The van der Waals surface area contributed by atoms with Crippen LogP contribution in [0.5, 0.6) is 5.75 Å². The number of ketones is 1. The van der Waals surface area contributed by atoms with Crippen molar-refractivity contribution in [2.75, 3.05) is 13.2 Å². The van der Waals surface area contributed by atoms with Gasteiger partial charge in [-0.2, -0.15) is 0 Å². The van der Waals surface area contributed by atoms with Crippen LogP contribution in [0.3, 0.4) is 0 Å². The molecule has 2 heterocycles. The lowest BCUT2D eigenvalue weighted by molar-refractivity contribution is 0.0654. The molecule has 0 bridgehead atoms. The van der Waals surface area contributed by atoms with Crippen LogP contribution < -0.4 is 10.5 Å². The maximum absolute atomic E-state index is 12.8. The first-order chi connectivity index (χ1) is 15.2. The zero-order valence-electron chi connectivity index (χ0n) is 17.1. The van der Waals surface area contributed by atoms with Crippen molar-refractivity contribution in [2.45, 2.75) is 12.8 Å². The summed E-state index contributed by atoms with van der Waals surface area (Å²) < 4.78 is 11.5. The molecule has 1 fully saturated rings. The quantitative estimate of drug-likeness (QED) is 0.344. The van der Waals surface area contributed by atoms with E-state index in [1.807, 2.05) is 24.3 Å². The van der Waals surface area contributed by atoms with Gasteiger partial charge in [-0.25, -0.2) is 9.98 Å². The highest BCUT2D eigenvalue weighted by Crippen LogP contribution is 2.24. The first-order valence-corrected chi connectivity index (χ1v) is 10.2. The summed E-state index contributed by atoms with van der Waals surface area (Å²) in [6.07, 6.45) is 4.96. The highest BCUT2D eigenvalue weighted by atomic mass is 16.5. The molecule has 3 aromatic rings. The van der Waals surface area contributed by atoms with Crippen LogP contribution in [-0.4, -0.2) is 35.2 Å². The number of nitrogens with two attached hydrogens (primary N) is 1. The number of aliphatic imine (C=N–C) groups is 1. The number of rotatable bonds is 7. The van der Waals surface area contributed by atoms with Crippen LogP contribution >= 0.6 is 0 Å². The molecule has 1 atom stereocenters. The smallest absolute Gasteiger partial charge is 0.238 e. The van der Waals surface area contributed by atoms with Gasteiger partial charge in [0.25, 0.3) is 0 Å². The van der Waals surface area contributed by atoms with Gasteiger partial charge in [-0.3, -0.25) is 4.79 Å². The number of allylic oxidation sites excluding steroid dienone is 1. The van der Waals surface area contributed by atoms with E-state index in [-0.39, 0.29) is 11.7 Å². The number of nitrogens with one attached hydrogen (secondary N) is 1. The molecule has 4 rings (SSSR count). The van der Waals surface area contributed by atoms with Crippen LogP contribution in [0.4, 0.5) is 0 Å². The molecule has 0 unspecified atom stereocenters. The summed E-state index contributed by atoms with van der Waals surface area (Å²) in [5.74, 6) is 0.998. The fourth-order valence-corrected chi connectivity index (χ4v) is 3.42. The normalized spacial score (nSPS) is 17.5. The van der Waals surface area contributed by atoms with E-state index in [4.69, 9.17) is 15.2 Å². The third-order valence-electron chi connectivity index (χ3n) is 5.08. The van der Waals surface area contributed by atoms with Crippen LogP contribution in [0.25, 0.3) is 11.0 Å². The van der Waals surface area contributed by atoms with E-state index in [1.54, 1.807) is 30.3 Å². The number of fused-ring (bicyclic) bond motifs is 1. The monoisotopic (exact) mass is 416 g/mol. The van der Waals surface area contributed by atoms with Crippen molar-refractivity contribution in [1.29, 1.82) is 0 Å². The standard InChI is InChI=1S/C24H24N4O3/c1-2-13-26-24(21(25)17-6-5-14-30-15-17)31-18-11-9-16(10-12-18)22(29)23-27-19-7-3-4-8-20(19)28-23/h2-4,7-13,17H,1,5-6,14-15,25H2,(H,27,28)/b24-21+,26-13?/t17-/m1/s1. The van der Waals surface area contributed by atoms with E-state index in [9.17, 15) is 4.79 Å². The number of carbonyl (C=O) groups is 1. The van der Waals surface area contributed by atoms with Gasteiger partial charge in [0, 0.05) is 24.3 Å². The number of hydrogen-bond acceptors (Lipinski definition) is 6. The van der Waals surface area contributed by atoms with Crippen molar-refractivity contribution in [2.24, 2.45) is 16.6 Å². The van der Waals surface area contributed by atoms with Gasteiger partial charge in [-0.1, -0.05) is 24.8 Å². The first-order valence-electron chi connectivity index (χ1n) is 10.2. The number of carbonyl (C=O) groups excluding carboxylic acids is 1. The highest BCUT2D eigenvalue weighted by Gasteiger charge is 2.21. The number of hydrogen-bond donors (Lipinski definition) is 2. The molecule has 0 radical (unpaired) electrons. The van der Waals surface area contributed by atoms with Crippen molar-refractivity contribution in [3.63, 3.8) is 0 Å². The van der Waals surface area contributed by atoms with Crippen LogP contribution in [0.15, 0.2) is 77.8 Å². The topological polar surface area (TPSA) is 103 Å². The molecule has 3 N–H and O–H groups in total. The molecule has 1 aromatic heterocycles. The van der Waals surface area contributed by atoms with Crippen molar-refractivity contribution in [3.05, 3.63) is 84.2 Å². The van der Waals surface area contributed by atoms with E-state index in [0.29, 0.717) is 35.3 Å². The zero-order valence-corrected chi connectivity index (χ0v) is 17.1. The lowest BCUT2D eigenvalue weighted by Gasteiger charge is -2.23. The van der Waals surface area contributed by atoms with E-state index in [1.165, 1.54) is 6.21 Å². The van der Waals surface area contributed by atoms with Gasteiger partial charge in [0.15, 0.2) is 5.82 Å². The van der Waals surface area contributed by atoms with Gasteiger partial charge >= 0.3 is 0 Å². The number of benzene rings is 2. The SMILES string of the molecule is C=CC=N/C(Oc1ccc(C(=O)c2nc3ccccc3[nH]2)cc1)=C(\N)[C@@H]1CCCOC1. The first kappa shape index (κ1) is 20.6. The minimum absolute atomic E-state index is 0.0552. The van der Waals surface area contributed by atoms with Crippen LogP contribution in [-0.2, 0) is 4.74 Å². The molecule has 0 aliphatic carbocycles. The summed E-state index contributed by atoms with van der Waals surface area (Å²) in [5.41, 5.74) is 8.95. The minimum Gasteiger partial charge on any atom is -0.437 e. The number of ether oxygens (including phenoxy) is 2. The predicted octanol–water partition coefficient (Wildman–Crippen LogP) is 3.98. The van der Waals surface area contributed by atoms with Crippen molar-refractivity contribution in [3.8, 4) is 5.75 Å². The fraction of sp³-hybridized carbons (Fsp3) is 0.208. The molecule has 158 valence electrons. The number of para-hydroxylation sites is 2. The van der Waals surface area contributed by atoms with E-state index >= 15 is 0 Å². The van der Waals surface area contributed by atoms with Gasteiger partial charge < -0.3 is 20.2 Å².